The number of hydrogen-bond donors (Lipinski definition) is 2. The second kappa shape index (κ2) is 10.5. The topological polar surface area (TPSA) is 91.0 Å². The van der Waals surface area contributed by atoms with Gasteiger partial charge in [-0.1, -0.05) is 13.3 Å². The van der Waals surface area contributed by atoms with E-state index < -0.39 is 10.0 Å². The number of rotatable bonds is 9. The Balaban J connectivity index is 1.64. The molecule has 2 amide bonds. The zero-order chi connectivity index (χ0) is 19.7. The van der Waals surface area contributed by atoms with Crippen LogP contribution in [-0.4, -0.2) is 75.8 Å². The number of urea groups is 1. The minimum Gasteiger partial charge on any atom is -0.494 e. The zero-order valence-electron chi connectivity index (χ0n) is 16.1. The van der Waals surface area contributed by atoms with E-state index in [-0.39, 0.29) is 6.03 Å². The smallest absolute Gasteiger partial charge is 0.319 e. The van der Waals surface area contributed by atoms with Gasteiger partial charge in [-0.3, -0.25) is 4.90 Å². The van der Waals surface area contributed by atoms with Gasteiger partial charge in [-0.2, -0.15) is 4.31 Å². The largest absolute Gasteiger partial charge is 0.494 e. The van der Waals surface area contributed by atoms with Crippen LogP contribution in [0.15, 0.2) is 24.3 Å². The minimum atomic E-state index is -3.11. The molecule has 9 heteroatoms. The van der Waals surface area contributed by atoms with Crippen molar-refractivity contribution in [2.75, 3.05) is 57.4 Å². The highest BCUT2D eigenvalue weighted by molar-refractivity contribution is 7.88. The number of benzene rings is 1. The molecular formula is C18H30N4O4S. The summed E-state index contributed by atoms with van der Waals surface area (Å²) in [5.41, 5.74) is 0.706. The molecule has 1 aliphatic rings. The van der Waals surface area contributed by atoms with E-state index in [0.717, 1.165) is 18.6 Å². The molecule has 1 aliphatic heterocycles. The Bertz CT molecular complexity index is 686. The van der Waals surface area contributed by atoms with Gasteiger partial charge in [0.25, 0.3) is 0 Å². The Kier molecular flexibility index (Phi) is 8.33. The molecule has 0 aromatic heterocycles. The molecule has 152 valence electrons. The van der Waals surface area contributed by atoms with E-state index in [1.165, 1.54) is 10.6 Å². The van der Waals surface area contributed by atoms with Gasteiger partial charge in [-0.25, -0.2) is 13.2 Å². The van der Waals surface area contributed by atoms with E-state index in [1.807, 2.05) is 24.3 Å². The SMILES string of the molecule is CCCCOc1ccc(NC(=O)NCCN2CCN(S(C)(=O)=O)CC2)cc1. The van der Waals surface area contributed by atoms with E-state index >= 15 is 0 Å². The number of hydrogen-bond acceptors (Lipinski definition) is 5. The molecule has 1 saturated heterocycles. The fraction of sp³-hybridized carbons (Fsp3) is 0.611. The van der Waals surface area contributed by atoms with Crippen molar-refractivity contribution in [1.82, 2.24) is 14.5 Å². The van der Waals surface area contributed by atoms with Gasteiger partial charge < -0.3 is 15.4 Å². The Morgan fingerprint density at radius 3 is 2.41 bits per heavy atom. The molecule has 1 aromatic rings. The molecule has 0 spiro atoms. The van der Waals surface area contributed by atoms with Gasteiger partial charge in [0.1, 0.15) is 5.75 Å². The molecule has 1 aromatic carbocycles. The Labute approximate surface area is 161 Å². The fourth-order valence-corrected chi connectivity index (χ4v) is 3.58. The number of amides is 2. The average molecular weight is 399 g/mol. The standard InChI is InChI=1S/C18H30N4O4S/c1-3-4-15-26-17-7-5-16(6-8-17)20-18(23)19-9-10-21-11-13-22(14-12-21)27(2,24)25/h5-8H,3-4,9-15H2,1-2H3,(H2,19,20,23). The molecule has 8 nitrogen and oxygen atoms in total. The van der Waals surface area contributed by atoms with Crippen molar-refractivity contribution in [3.63, 3.8) is 0 Å². The van der Waals surface area contributed by atoms with Crippen molar-refractivity contribution in [2.24, 2.45) is 0 Å². The van der Waals surface area contributed by atoms with Crippen LogP contribution in [0.2, 0.25) is 0 Å². The van der Waals surface area contributed by atoms with Gasteiger partial charge in [-0.15, -0.1) is 0 Å². The molecular weight excluding hydrogens is 368 g/mol. The molecule has 1 fully saturated rings. The third-order valence-corrected chi connectivity index (χ3v) is 5.70. The normalized spacial score (nSPS) is 16.1. The van der Waals surface area contributed by atoms with Gasteiger partial charge in [0, 0.05) is 45.0 Å². The summed E-state index contributed by atoms with van der Waals surface area (Å²) in [6.07, 6.45) is 3.34. The number of carbonyl (C=O) groups is 1. The second-order valence-corrected chi connectivity index (χ2v) is 8.59. The molecule has 0 aliphatic carbocycles. The van der Waals surface area contributed by atoms with Crippen LogP contribution in [0.3, 0.4) is 0 Å². The van der Waals surface area contributed by atoms with E-state index in [0.29, 0.717) is 51.6 Å². The summed E-state index contributed by atoms with van der Waals surface area (Å²) in [5, 5.41) is 5.61. The third kappa shape index (κ3) is 7.74. The summed E-state index contributed by atoms with van der Waals surface area (Å²) in [6, 6.07) is 7.04. The predicted molar refractivity (Wildman–Crippen MR) is 107 cm³/mol. The second-order valence-electron chi connectivity index (χ2n) is 6.61. The van der Waals surface area contributed by atoms with Crippen LogP contribution >= 0.6 is 0 Å². The first-order valence-corrected chi connectivity index (χ1v) is 11.2. The van der Waals surface area contributed by atoms with Crippen molar-refractivity contribution < 1.29 is 17.9 Å². The highest BCUT2D eigenvalue weighted by Crippen LogP contribution is 2.16. The van der Waals surface area contributed by atoms with Crippen LogP contribution in [0.25, 0.3) is 0 Å². The summed E-state index contributed by atoms with van der Waals surface area (Å²) in [4.78, 5) is 14.1. The van der Waals surface area contributed by atoms with Crippen molar-refractivity contribution in [3.8, 4) is 5.75 Å². The van der Waals surface area contributed by atoms with Crippen LogP contribution in [0, 0.1) is 0 Å². The Hall–Kier alpha value is -1.84. The number of carbonyl (C=O) groups excluding carboxylic acids is 1. The molecule has 2 rings (SSSR count). The van der Waals surface area contributed by atoms with Crippen molar-refractivity contribution in [2.45, 2.75) is 19.8 Å². The molecule has 27 heavy (non-hydrogen) atoms. The summed E-state index contributed by atoms with van der Waals surface area (Å²) < 4.78 is 30.1. The summed E-state index contributed by atoms with van der Waals surface area (Å²) >= 11 is 0. The van der Waals surface area contributed by atoms with Crippen LogP contribution in [-0.2, 0) is 10.0 Å². The first-order valence-electron chi connectivity index (χ1n) is 9.33. The van der Waals surface area contributed by atoms with Gasteiger partial charge in [-0.05, 0) is 30.7 Å². The lowest BCUT2D eigenvalue weighted by Crippen LogP contribution is -2.50. The van der Waals surface area contributed by atoms with Crippen molar-refractivity contribution >= 4 is 21.7 Å². The monoisotopic (exact) mass is 398 g/mol. The molecule has 0 radical (unpaired) electrons. The Morgan fingerprint density at radius 2 is 1.81 bits per heavy atom. The van der Waals surface area contributed by atoms with E-state index in [9.17, 15) is 13.2 Å². The average Bonchev–Trinajstić information content (AvgIpc) is 2.63. The minimum absolute atomic E-state index is 0.260. The molecule has 0 saturated carbocycles. The number of sulfonamides is 1. The Morgan fingerprint density at radius 1 is 1.15 bits per heavy atom. The van der Waals surface area contributed by atoms with E-state index in [4.69, 9.17) is 4.74 Å². The lowest BCUT2D eigenvalue weighted by Gasteiger charge is -2.33. The van der Waals surface area contributed by atoms with Crippen LogP contribution in [0.1, 0.15) is 19.8 Å². The molecule has 2 N–H and O–H groups in total. The highest BCUT2D eigenvalue weighted by Gasteiger charge is 2.22. The molecule has 0 unspecified atom stereocenters. The fourth-order valence-electron chi connectivity index (χ4n) is 2.76. The number of piperazine rings is 1. The first-order chi connectivity index (χ1) is 12.9. The summed E-state index contributed by atoms with van der Waals surface area (Å²) in [6.45, 7) is 6.35. The van der Waals surface area contributed by atoms with Gasteiger partial charge in [0.15, 0.2) is 0 Å². The van der Waals surface area contributed by atoms with Crippen LogP contribution < -0.4 is 15.4 Å². The first kappa shape index (κ1) is 21.5. The summed E-state index contributed by atoms with van der Waals surface area (Å²) in [7, 11) is -3.11. The number of ether oxygens (including phenoxy) is 1. The maximum Gasteiger partial charge on any atom is 0.319 e. The number of nitrogens with zero attached hydrogens (tertiary/aromatic N) is 2. The van der Waals surface area contributed by atoms with Crippen LogP contribution in [0.5, 0.6) is 5.75 Å². The molecule has 0 bridgehead atoms. The predicted octanol–water partition coefficient (Wildman–Crippen LogP) is 1.56. The van der Waals surface area contributed by atoms with Crippen molar-refractivity contribution in [1.29, 1.82) is 0 Å². The maximum absolute atomic E-state index is 12.0. The maximum atomic E-state index is 12.0. The van der Waals surface area contributed by atoms with Gasteiger partial charge in [0.2, 0.25) is 10.0 Å². The summed E-state index contributed by atoms with van der Waals surface area (Å²) in [5.74, 6) is 0.794. The quantitative estimate of drug-likeness (QED) is 0.616. The third-order valence-electron chi connectivity index (χ3n) is 4.39. The number of unbranched alkanes of at least 4 members (excludes halogenated alkanes) is 1. The number of anilines is 1. The lowest BCUT2D eigenvalue weighted by molar-refractivity contribution is 0.189. The molecule has 0 atom stereocenters. The van der Waals surface area contributed by atoms with E-state index in [1.54, 1.807) is 0 Å². The number of nitrogens with one attached hydrogen (secondary N) is 2. The van der Waals surface area contributed by atoms with Crippen molar-refractivity contribution in [3.05, 3.63) is 24.3 Å². The molecule has 1 heterocycles. The van der Waals surface area contributed by atoms with E-state index in [2.05, 4.69) is 22.5 Å². The van der Waals surface area contributed by atoms with Crippen LogP contribution in [0.4, 0.5) is 10.5 Å². The lowest BCUT2D eigenvalue weighted by atomic mass is 10.3. The van der Waals surface area contributed by atoms with Gasteiger partial charge >= 0.3 is 6.03 Å². The highest BCUT2D eigenvalue weighted by atomic mass is 32.2. The zero-order valence-corrected chi connectivity index (χ0v) is 16.9. The van der Waals surface area contributed by atoms with Gasteiger partial charge in [0.05, 0.1) is 12.9 Å².